The number of anilines is 2. The average Bonchev–Trinajstić information content (AvgIpc) is 2.86. The van der Waals surface area contributed by atoms with Gasteiger partial charge in [0, 0.05) is 11.4 Å². The van der Waals surface area contributed by atoms with Crippen LogP contribution in [0.2, 0.25) is 0 Å². The second kappa shape index (κ2) is 6.43. The molecule has 1 aromatic heterocycles. The molecule has 1 N–H and O–H groups in total. The minimum absolute atomic E-state index is 0.133. The van der Waals surface area contributed by atoms with Gasteiger partial charge in [-0.3, -0.25) is 4.79 Å². The average molecular weight is 305 g/mol. The van der Waals surface area contributed by atoms with Crippen LogP contribution in [-0.2, 0) is 0 Å². The van der Waals surface area contributed by atoms with Crippen LogP contribution in [0.5, 0.6) is 0 Å². The lowest BCUT2D eigenvalue weighted by atomic mass is 10.2. The number of aliphatic hydroxyl groups excluding tert-OH is 1. The number of aldehydes is 1. The fourth-order valence-corrected chi connectivity index (χ4v) is 2.75. The minimum atomic E-state index is -0.581. The number of thiazole rings is 1. The van der Waals surface area contributed by atoms with Crippen molar-refractivity contribution in [2.75, 3.05) is 18.1 Å². The Morgan fingerprint density at radius 3 is 2.86 bits per heavy atom. The van der Waals surface area contributed by atoms with E-state index in [1.165, 1.54) is 28.4 Å². The maximum absolute atomic E-state index is 14.1. The molecule has 2 rings (SSSR count). The summed E-state index contributed by atoms with van der Waals surface area (Å²) in [6.07, 6.45) is 0.640. The zero-order valence-electron chi connectivity index (χ0n) is 11.2. The molecule has 108 valence electrons. The minimum Gasteiger partial charge on any atom is -0.395 e. The summed E-state index contributed by atoms with van der Waals surface area (Å²) in [5, 5.41) is 18.4. The summed E-state index contributed by atoms with van der Waals surface area (Å²) in [5.41, 5.74) is 0.713. The van der Waals surface area contributed by atoms with Crippen LogP contribution in [0.4, 0.5) is 15.2 Å². The number of hydrogen-bond donors (Lipinski definition) is 1. The number of carbonyl (C=O) groups is 1. The van der Waals surface area contributed by atoms with E-state index >= 15 is 0 Å². The quantitative estimate of drug-likeness (QED) is 0.858. The highest BCUT2D eigenvalue weighted by Crippen LogP contribution is 2.32. The number of carbonyl (C=O) groups excluding carboxylic acids is 1. The van der Waals surface area contributed by atoms with Gasteiger partial charge < -0.3 is 10.0 Å². The number of hydrogen-bond acceptors (Lipinski definition) is 6. The van der Waals surface area contributed by atoms with Crippen molar-refractivity contribution in [3.8, 4) is 6.07 Å². The largest absolute Gasteiger partial charge is 0.395 e. The van der Waals surface area contributed by atoms with Crippen LogP contribution in [0.1, 0.15) is 20.9 Å². The van der Waals surface area contributed by atoms with Crippen molar-refractivity contribution >= 4 is 28.4 Å². The first-order valence-electron chi connectivity index (χ1n) is 6.11. The van der Waals surface area contributed by atoms with E-state index in [1.54, 1.807) is 6.92 Å². The van der Waals surface area contributed by atoms with Gasteiger partial charge in [-0.15, -0.1) is 11.3 Å². The van der Waals surface area contributed by atoms with E-state index in [0.29, 0.717) is 17.1 Å². The standard InChI is InChI=1S/C14H12FN3O2S/c1-9-12(8-20)17-14(21-9)18(4-5-19)13-3-2-10(7-16)6-11(13)15/h2-3,6,8,19H,4-5H2,1H3. The molecule has 0 saturated carbocycles. The Balaban J connectivity index is 2.47. The highest BCUT2D eigenvalue weighted by Gasteiger charge is 2.18. The first kappa shape index (κ1) is 15.1. The van der Waals surface area contributed by atoms with Crippen molar-refractivity contribution in [1.82, 2.24) is 4.98 Å². The first-order chi connectivity index (χ1) is 10.1. The van der Waals surface area contributed by atoms with Gasteiger partial charge in [0.25, 0.3) is 0 Å². The van der Waals surface area contributed by atoms with Gasteiger partial charge in [0.1, 0.15) is 11.5 Å². The molecular formula is C14H12FN3O2S. The second-order valence-electron chi connectivity index (χ2n) is 4.21. The molecule has 0 saturated heterocycles. The van der Waals surface area contributed by atoms with Gasteiger partial charge in [0.2, 0.25) is 0 Å². The number of aryl methyl sites for hydroxylation is 1. The molecule has 7 heteroatoms. The molecule has 0 bridgehead atoms. The van der Waals surface area contributed by atoms with E-state index in [0.717, 1.165) is 10.9 Å². The number of benzene rings is 1. The summed E-state index contributed by atoms with van der Waals surface area (Å²) in [5.74, 6) is -0.581. The molecule has 1 aromatic carbocycles. The van der Waals surface area contributed by atoms with Crippen LogP contribution in [0.15, 0.2) is 18.2 Å². The highest BCUT2D eigenvalue weighted by atomic mass is 32.1. The molecule has 0 aliphatic heterocycles. The van der Waals surface area contributed by atoms with Gasteiger partial charge in [-0.1, -0.05) is 0 Å². The summed E-state index contributed by atoms with van der Waals surface area (Å²) in [4.78, 5) is 17.2. The fourth-order valence-electron chi connectivity index (χ4n) is 1.83. The van der Waals surface area contributed by atoms with Crippen LogP contribution in [0, 0.1) is 24.1 Å². The number of aromatic nitrogens is 1. The van der Waals surface area contributed by atoms with E-state index < -0.39 is 5.82 Å². The molecule has 0 aliphatic rings. The molecule has 0 fully saturated rings. The molecular weight excluding hydrogens is 293 g/mol. The third-order valence-electron chi connectivity index (χ3n) is 2.85. The van der Waals surface area contributed by atoms with Crippen molar-refractivity contribution in [1.29, 1.82) is 5.26 Å². The number of nitrogens with zero attached hydrogens (tertiary/aromatic N) is 3. The molecule has 5 nitrogen and oxygen atoms in total. The summed E-state index contributed by atoms with van der Waals surface area (Å²) in [7, 11) is 0. The molecule has 0 radical (unpaired) electrons. The van der Waals surface area contributed by atoms with Gasteiger partial charge >= 0.3 is 0 Å². The molecule has 0 unspecified atom stereocenters. The Bertz CT molecular complexity index is 709. The van der Waals surface area contributed by atoms with Crippen molar-refractivity contribution in [2.24, 2.45) is 0 Å². The lowest BCUT2D eigenvalue weighted by Crippen LogP contribution is -2.22. The Morgan fingerprint density at radius 2 is 2.33 bits per heavy atom. The molecule has 0 amide bonds. The Morgan fingerprint density at radius 1 is 1.57 bits per heavy atom. The highest BCUT2D eigenvalue weighted by molar-refractivity contribution is 7.15. The van der Waals surface area contributed by atoms with Crippen LogP contribution in [-0.4, -0.2) is 29.5 Å². The van der Waals surface area contributed by atoms with Gasteiger partial charge in [-0.25, -0.2) is 9.37 Å². The fraction of sp³-hybridized carbons (Fsp3) is 0.214. The maximum atomic E-state index is 14.1. The van der Waals surface area contributed by atoms with Crippen LogP contribution in [0.3, 0.4) is 0 Å². The lowest BCUT2D eigenvalue weighted by Gasteiger charge is -2.21. The summed E-state index contributed by atoms with van der Waals surface area (Å²) in [6, 6.07) is 5.94. The van der Waals surface area contributed by atoms with Crippen molar-refractivity contribution < 1.29 is 14.3 Å². The second-order valence-corrected chi connectivity index (χ2v) is 5.39. The molecule has 0 atom stereocenters. The van der Waals surface area contributed by atoms with E-state index in [1.807, 2.05) is 6.07 Å². The van der Waals surface area contributed by atoms with Crippen LogP contribution < -0.4 is 4.90 Å². The van der Waals surface area contributed by atoms with Gasteiger partial charge in [0.15, 0.2) is 11.4 Å². The molecule has 2 aromatic rings. The van der Waals surface area contributed by atoms with Crippen molar-refractivity contribution in [2.45, 2.75) is 6.92 Å². The van der Waals surface area contributed by atoms with Gasteiger partial charge in [-0.2, -0.15) is 5.26 Å². The smallest absolute Gasteiger partial charge is 0.190 e. The lowest BCUT2D eigenvalue weighted by molar-refractivity contribution is 0.111. The summed E-state index contributed by atoms with van der Waals surface area (Å²) >= 11 is 1.24. The van der Waals surface area contributed by atoms with E-state index in [9.17, 15) is 14.3 Å². The normalized spacial score (nSPS) is 10.2. The molecule has 0 aliphatic carbocycles. The van der Waals surface area contributed by atoms with E-state index in [4.69, 9.17) is 5.26 Å². The van der Waals surface area contributed by atoms with Crippen LogP contribution >= 0.6 is 11.3 Å². The third kappa shape index (κ3) is 3.07. The summed E-state index contributed by atoms with van der Waals surface area (Å²) < 4.78 is 14.1. The van der Waals surface area contributed by atoms with E-state index in [2.05, 4.69) is 4.98 Å². The third-order valence-corrected chi connectivity index (χ3v) is 3.86. The number of aliphatic hydroxyl groups is 1. The number of nitriles is 1. The predicted molar refractivity (Wildman–Crippen MR) is 77.4 cm³/mol. The van der Waals surface area contributed by atoms with Crippen LogP contribution in [0.25, 0.3) is 0 Å². The summed E-state index contributed by atoms with van der Waals surface area (Å²) in [6.45, 7) is 1.68. The Labute approximate surface area is 124 Å². The molecule has 0 spiro atoms. The van der Waals surface area contributed by atoms with Crippen molar-refractivity contribution in [3.05, 3.63) is 40.2 Å². The Hall–Kier alpha value is -2.30. The topological polar surface area (TPSA) is 77.2 Å². The first-order valence-corrected chi connectivity index (χ1v) is 6.93. The SMILES string of the molecule is Cc1sc(N(CCO)c2ccc(C#N)cc2F)nc1C=O. The monoisotopic (exact) mass is 305 g/mol. The number of rotatable bonds is 5. The van der Waals surface area contributed by atoms with Gasteiger partial charge in [-0.05, 0) is 25.1 Å². The number of halogens is 1. The molecule has 1 heterocycles. The van der Waals surface area contributed by atoms with E-state index in [-0.39, 0.29) is 24.4 Å². The predicted octanol–water partition coefficient (Wildman–Crippen LogP) is 2.41. The molecule has 21 heavy (non-hydrogen) atoms. The van der Waals surface area contributed by atoms with Gasteiger partial charge in [0.05, 0.1) is 23.9 Å². The van der Waals surface area contributed by atoms with Crippen molar-refractivity contribution in [3.63, 3.8) is 0 Å². The maximum Gasteiger partial charge on any atom is 0.190 e. The zero-order valence-corrected chi connectivity index (χ0v) is 12.0. The Kier molecular flexibility index (Phi) is 4.62. The zero-order chi connectivity index (χ0) is 15.4.